The van der Waals surface area contributed by atoms with Crippen molar-refractivity contribution in [2.75, 3.05) is 19.4 Å². The highest BCUT2D eigenvalue weighted by atomic mass is 32.2. The molecule has 41 heavy (non-hydrogen) atoms. The number of rotatable bonds is 7. The SMILES string of the molecule is CCNC(=O)OCC1c2ccccc2-c2ccccc21.CSC(c1ccccc1)(c1ccccc1)c1ccccc1. The Balaban J connectivity index is 0.000000165. The van der Waals surface area contributed by atoms with E-state index in [-0.39, 0.29) is 16.8 Å². The summed E-state index contributed by atoms with van der Waals surface area (Å²) in [5, 5.41) is 2.66. The second-order valence-electron chi connectivity index (χ2n) is 9.84. The summed E-state index contributed by atoms with van der Waals surface area (Å²) in [7, 11) is 0. The van der Waals surface area contributed by atoms with Gasteiger partial charge in [0.05, 0.1) is 4.75 Å². The number of ether oxygens (including phenoxy) is 1. The molecule has 0 radical (unpaired) electrons. The van der Waals surface area contributed by atoms with Crippen molar-refractivity contribution < 1.29 is 9.53 Å². The Morgan fingerprint density at radius 3 is 1.44 bits per heavy atom. The van der Waals surface area contributed by atoms with Crippen molar-refractivity contribution in [3.63, 3.8) is 0 Å². The van der Waals surface area contributed by atoms with E-state index in [1.54, 1.807) is 0 Å². The second kappa shape index (κ2) is 13.4. The van der Waals surface area contributed by atoms with E-state index in [2.05, 4.69) is 127 Å². The number of thioether (sulfide) groups is 1. The van der Waals surface area contributed by atoms with E-state index in [4.69, 9.17) is 4.74 Å². The average molecular weight is 558 g/mol. The van der Waals surface area contributed by atoms with Crippen LogP contribution in [0.4, 0.5) is 4.79 Å². The van der Waals surface area contributed by atoms with Crippen LogP contribution in [0.1, 0.15) is 40.7 Å². The standard InChI is InChI=1S/C20H18S.C17H17NO2/c1-21-20(17-11-5-2-6-12-17,18-13-7-3-8-14-18)19-15-9-4-10-16-19;1-2-18-17(19)20-11-16-14-9-5-3-7-12(14)13-8-4-6-10-15(13)16/h2-16H,1H3;3-10,16H,2,11H2,1H3,(H,18,19). The molecule has 1 aliphatic carbocycles. The number of benzene rings is 5. The van der Waals surface area contributed by atoms with E-state index in [0.29, 0.717) is 13.2 Å². The van der Waals surface area contributed by atoms with Gasteiger partial charge in [-0.15, -0.1) is 11.8 Å². The molecule has 0 aromatic heterocycles. The lowest BCUT2D eigenvalue weighted by atomic mass is 9.84. The summed E-state index contributed by atoms with van der Waals surface area (Å²) in [6.07, 6.45) is 1.84. The molecule has 0 heterocycles. The van der Waals surface area contributed by atoms with Crippen LogP contribution in [0.15, 0.2) is 140 Å². The molecule has 0 spiro atoms. The summed E-state index contributed by atoms with van der Waals surface area (Å²) in [6, 6.07) is 48.9. The van der Waals surface area contributed by atoms with Crippen molar-refractivity contribution in [2.24, 2.45) is 0 Å². The number of fused-ring (bicyclic) bond motifs is 3. The van der Waals surface area contributed by atoms with Gasteiger partial charge < -0.3 is 10.1 Å². The molecule has 5 aromatic rings. The van der Waals surface area contributed by atoms with Crippen LogP contribution in [0.2, 0.25) is 0 Å². The minimum absolute atomic E-state index is 0.130. The highest BCUT2D eigenvalue weighted by Crippen LogP contribution is 2.47. The van der Waals surface area contributed by atoms with Gasteiger partial charge in [0, 0.05) is 12.5 Å². The molecule has 1 amide bonds. The molecule has 206 valence electrons. The summed E-state index contributed by atoms with van der Waals surface area (Å²) in [6.45, 7) is 2.83. The van der Waals surface area contributed by atoms with E-state index in [0.717, 1.165) is 0 Å². The zero-order chi connectivity index (χ0) is 28.5. The van der Waals surface area contributed by atoms with E-state index in [1.807, 2.05) is 43.0 Å². The molecule has 6 rings (SSSR count). The topological polar surface area (TPSA) is 38.3 Å². The van der Waals surface area contributed by atoms with Gasteiger partial charge in [0.2, 0.25) is 0 Å². The first-order valence-corrected chi connectivity index (χ1v) is 15.2. The number of amides is 1. The Morgan fingerprint density at radius 1 is 0.659 bits per heavy atom. The van der Waals surface area contributed by atoms with Crippen molar-refractivity contribution >= 4 is 17.9 Å². The molecule has 0 fully saturated rings. The van der Waals surface area contributed by atoms with Crippen LogP contribution in [0.5, 0.6) is 0 Å². The Bertz CT molecular complexity index is 1410. The van der Waals surface area contributed by atoms with E-state index in [1.165, 1.54) is 38.9 Å². The maximum atomic E-state index is 11.5. The Labute approximate surface area is 247 Å². The van der Waals surface area contributed by atoms with Crippen molar-refractivity contribution in [2.45, 2.75) is 17.6 Å². The number of alkyl carbamates (subject to hydrolysis) is 1. The predicted molar refractivity (Wildman–Crippen MR) is 171 cm³/mol. The zero-order valence-corrected chi connectivity index (χ0v) is 24.3. The summed E-state index contributed by atoms with van der Waals surface area (Å²) >= 11 is 1.88. The normalized spacial score (nSPS) is 12.0. The second-order valence-corrected chi connectivity index (χ2v) is 10.9. The van der Waals surface area contributed by atoms with E-state index >= 15 is 0 Å². The maximum absolute atomic E-state index is 11.5. The molecule has 0 atom stereocenters. The summed E-state index contributed by atoms with van der Waals surface area (Å²) < 4.78 is 5.17. The first-order valence-electron chi connectivity index (χ1n) is 14.0. The third kappa shape index (κ3) is 5.94. The minimum atomic E-state index is -0.352. The summed E-state index contributed by atoms with van der Waals surface area (Å²) in [5.74, 6) is 0.130. The van der Waals surface area contributed by atoms with Gasteiger partial charge in [-0.3, -0.25) is 0 Å². The van der Waals surface area contributed by atoms with Gasteiger partial charge in [0.1, 0.15) is 6.61 Å². The predicted octanol–water partition coefficient (Wildman–Crippen LogP) is 8.89. The maximum Gasteiger partial charge on any atom is 0.407 e. The number of hydrogen-bond acceptors (Lipinski definition) is 3. The highest BCUT2D eigenvalue weighted by molar-refractivity contribution is 8.00. The number of nitrogens with one attached hydrogen (secondary N) is 1. The third-order valence-corrected chi connectivity index (χ3v) is 8.83. The fourth-order valence-corrected chi connectivity index (χ4v) is 6.78. The molecule has 1 N–H and O–H groups in total. The molecule has 1 aliphatic rings. The fourth-order valence-electron chi connectivity index (χ4n) is 5.67. The first-order chi connectivity index (χ1) is 20.2. The lowest BCUT2D eigenvalue weighted by Crippen LogP contribution is -2.25. The smallest absolute Gasteiger partial charge is 0.407 e. The number of carbonyl (C=O) groups is 1. The van der Waals surface area contributed by atoms with Gasteiger partial charge in [-0.05, 0) is 52.1 Å². The first kappa shape index (κ1) is 28.3. The van der Waals surface area contributed by atoms with Gasteiger partial charge >= 0.3 is 6.09 Å². The molecule has 0 unspecified atom stereocenters. The van der Waals surface area contributed by atoms with Crippen LogP contribution in [0.3, 0.4) is 0 Å². The number of hydrogen-bond donors (Lipinski definition) is 1. The largest absolute Gasteiger partial charge is 0.449 e. The molecule has 0 aliphatic heterocycles. The zero-order valence-electron chi connectivity index (χ0n) is 23.5. The molecule has 0 bridgehead atoms. The molecule has 5 aromatic carbocycles. The quantitative estimate of drug-likeness (QED) is 0.203. The Morgan fingerprint density at radius 2 is 1.05 bits per heavy atom. The van der Waals surface area contributed by atoms with Crippen molar-refractivity contribution in [3.05, 3.63) is 167 Å². The average Bonchev–Trinajstić information content (AvgIpc) is 3.36. The van der Waals surface area contributed by atoms with Crippen molar-refractivity contribution in [1.29, 1.82) is 0 Å². The van der Waals surface area contributed by atoms with Crippen LogP contribution in [0, 0.1) is 0 Å². The van der Waals surface area contributed by atoms with Gasteiger partial charge in [-0.25, -0.2) is 4.79 Å². The molecular weight excluding hydrogens is 522 g/mol. The van der Waals surface area contributed by atoms with Crippen molar-refractivity contribution in [3.8, 4) is 11.1 Å². The summed E-state index contributed by atoms with van der Waals surface area (Å²) in [5.41, 5.74) is 8.90. The molecule has 4 heteroatoms. The lowest BCUT2D eigenvalue weighted by Gasteiger charge is -2.34. The van der Waals surface area contributed by atoms with Crippen LogP contribution in [-0.4, -0.2) is 25.5 Å². The Kier molecular flexibility index (Phi) is 9.22. The van der Waals surface area contributed by atoms with E-state index < -0.39 is 0 Å². The summed E-state index contributed by atoms with van der Waals surface area (Å²) in [4.78, 5) is 11.5. The van der Waals surface area contributed by atoms with Crippen LogP contribution < -0.4 is 5.32 Å². The van der Waals surface area contributed by atoms with Gasteiger partial charge in [-0.2, -0.15) is 0 Å². The van der Waals surface area contributed by atoms with Crippen LogP contribution >= 0.6 is 11.8 Å². The van der Waals surface area contributed by atoms with Crippen molar-refractivity contribution in [1.82, 2.24) is 5.32 Å². The highest BCUT2D eigenvalue weighted by Gasteiger charge is 2.35. The third-order valence-electron chi connectivity index (χ3n) is 7.51. The van der Waals surface area contributed by atoms with Gasteiger partial charge in [0.15, 0.2) is 0 Å². The molecular formula is C37H35NO2S. The van der Waals surface area contributed by atoms with E-state index in [9.17, 15) is 4.79 Å². The molecule has 0 saturated heterocycles. The monoisotopic (exact) mass is 557 g/mol. The number of carbonyl (C=O) groups excluding carboxylic acids is 1. The van der Waals surface area contributed by atoms with Gasteiger partial charge in [0.25, 0.3) is 0 Å². The fraction of sp³-hybridized carbons (Fsp3) is 0.162. The van der Waals surface area contributed by atoms with Crippen LogP contribution in [0.25, 0.3) is 11.1 Å². The van der Waals surface area contributed by atoms with Crippen LogP contribution in [-0.2, 0) is 9.48 Å². The molecule has 0 saturated carbocycles. The Hall–Kier alpha value is -4.28. The minimum Gasteiger partial charge on any atom is -0.449 e. The lowest BCUT2D eigenvalue weighted by molar-refractivity contribution is 0.143. The van der Waals surface area contributed by atoms with Gasteiger partial charge in [-0.1, -0.05) is 140 Å². The molecule has 3 nitrogen and oxygen atoms in total.